The van der Waals surface area contributed by atoms with E-state index in [0.717, 1.165) is 5.56 Å². The first-order valence-corrected chi connectivity index (χ1v) is 12.2. The maximum Gasteiger partial charge on any atom is 0.313 e. The van der Waals surface area contributed by atoms with Gasteiger partial charge >= 0.3 is 17.8 Å². The van der Waals surface area contributed by atoms with E-state index in [-0.39, 0.29) is 11.5 Å². The van der Waals surface area contributed by atoms with Gasteiger partial charge in [0.2, 0.25) is 17.5 Å². The highest BCUT2D eigenvalue weighted by molar-refractivity contribution is 6.40. The standard InChI is InChI=1S/C27H29F4N3O7/c1-13(32-25(39)26(40)33-17-8-6-5-7-14(17)27(2,3)4)24(38)34-18(9-10-20(36)37)19(35)12-41-23-21(30)15(28)11-16(29)22(23)31/h5-8,11,13,18H,9-10,12H2,1-4H3,(H,32,39)(H,33,40)(H,34,38)(H,36,37). The van der Waals surface area contributed by atoms with Gasteiger partial charge in [0.1, 0.15) is 12.6 Å². The zero-order chi connectivity index (χ0) is 31.1. The Bertz CT molecular complexity index is 1320. The maximum atomic E-state index is 13.8. The van der Waals surface area contributed by atoms with Crippen LogP contribution in [0.2, 0.25) is 0 Å². The van der Waals surface area contributed by atoms with Crippen molar-refractivity contribution in [1.82, 2.24) is 10.6 Å². The number of benzene rings is 2. The second kappa shape index (κ2) is 13.7. The molecule has 0 aliphatic carbocycles. The van der Waals surface area contributed by atoms with Gasteiger partial charge in [0.15, 0.2) is 23.2 Å². The lowest BCUT2D eigenvalue weighted by Crippen LogP contribution is -2.52. The van der Waals surface area contributed by atoms with E-state index in [4.69, 9.17) is 5.11 Å². The molecular weight excluding hydrogens is 554 g/mol. The molecule has 0 saturated carbocycles. The summed E-state index contributed by atoms with van der Waals surface area (Å²) in [6.45, 7) is 5.69. The number of nitrogens with one attached hydrogen (secondary N) is 3. The van der Waals surface area contributed by atoms with Gasteiger partial charge in [-0.05, 0) is 30.4 Å². The van der Waals surface area contributed by atoms with Crippen LogP contribution in [0.5, 0.6) is 5.75 Å². The zero-order valence-electron chi connectivity index (χ0n) is 22.6. The van der Waals surface area contributed by atoms with Crippen LogP contribution in [0.3, 0.4) is 0 Å². The van der Waals surface area contributed by atoms with Gasteiger partial charge in [-0.2, -0.15) is 8.78 Å². The minimum absolute atomic E-state index is 0.0610. The Morgan fingerprint density at radius 1 is 0.927 bits per heavy atom. The van der Waals surface area contributed by atoms with Crippen molar-refractivity contribution in [3.8, 4) is 5.75 Å². The van der Waals surface area contributed by atoms with Crippen LogP contribution >= 0.6 is 0 Å². The number of halogens is 4. The highest BCUT2D eigenvalue weighted by Crippen LogP contribution is 2.29. The summed E-state index contributed by atoms with van der Waals surface area (Å²) in [5, 5.41) is 15.7. The van der Waals surface area contributed by atoms with Crippen molar-refractivity contribution >= 4 is 35.2 Å². The molecule has 41 heavy (non-hydrogen) atoms. The van der Waals surface area contributed by atoms with Gasteiger partial charge in [0, 0.05) is 18.2 Å². The Labute approximate surface area is 232 Å². The number of carboxylic acids is 1. The summed E-state index contributed by atoms with van der Waals surface area (Å²) in [5.74, 6) is -14.6. The second-order valence-electron chi connectivity index (χ2n) is 9.99. The number of hydrogen-bond donors (Lipinski definition) is 4. The Hall–Kier alpha value is -4.49. The summed E-state index contributed by atoms with van der Waals surface area (Å²) < 4.78 is 59.1. The number of amides is 3. The van der Waals surface area contributed by atoms with Crippen LogP contribution in [0.4, 0.5) is 23.2 Å². The van der Waals surface area contributed by atoms with Gasteiger partial charge in [-0.25, -0.2) is 8.78 Å². The number of aliphatic carboxylic acids is 1. The first-order chi connectivity index (χ1) is 19.0. The molecule has 2 atom stereocenters. The van der Waals surface area contributed by atoms with Crippen molar-refractivity contribution in [2.75, 3.05) is 11.9 Å². The molecule has 0 spiro atoms. The highest BCUT2D eigenvalue weighted by atomic mass is 19.2. The molecule has 0 aliphatic rings. The highest BCUT2D eigenvalue weighted by Gasteiger charge is 2.29. The number of ketones is 1. The molecule has 2 rings (SSSR count). The predicted octanol–water partition coefficient (Wildman–Crippen LogP) is 2.98. The number of Topliss-reactive ketones (excluding diaryl/α,β-unsaturated/α-hetero) is 1. The van der Waals surface area contributed by atoms with E-state index in [0.29, 0.717) is 5.69 Å². The van der Waals surface area contributed by atoms with Gasteiger partial charge in [0.25, 0.3) is 0 Å². The topological polar surface area (TPSA) is 151 Å². The fraction of sp³-hybridized carbons (Fsp3) is 0.370. The number of carbonyl (C=O) groups excluding carboxylic acids is 4. The van der Waals surface area contributed by atoms with Crippen LogP contribution in [-0.4, -0.2) is 53.3 Å². The van der Waals surface area contributed by atoms with Gasteiger partial charge in [-0.3, -0.25) is 24.0 Å². The van der Waals surface area contributed by atoms with Gasteiger partial charge in [-0.1, -0.05) is 39.0 Å². The molecule has 0 aliphatic heterocycles. The summed E-state index contributed by atoms with van der Waals surface area (Å²) in [7, 11) is 0. The Morgan fingerprint density at radius 2 is 1.51 bits per heavy atom. The van der Waals surface area contributed by atoms with E-state index in [2.05, 4.69) is 20.7 Å². The molecule has 2 aromatic carbocycles. The van der Waals surface area contributed by atoms with E-state index in [9.17, 15) is 41.5 Å². The monoisotopic (exact) mass is 583 g/mol. The average Bonchev–Trinajstić information content (AvgIpc) is 2.89. The van der Waals surface area contributed by atoms with Gasteiger partial charge in [-0.15, -0.1) is 0 Å². The molecule has 0 aromatic heterocycles. The fourth-order valence-corrected chi connectivity index (χ4v) is 3.55. The zero-order valence-corrected chi connectivity index (χ0v) is 22.6. The minimum Gasteiger partial charge on any atom is -0.481 e. The molecule has 0 bridgehead atoms. The van der Waals surface area contributed by atoms with Crippen molar-refractivity contribution in [2.24, 2.45) is 0 Å². The predicted molar refractivity (Wildman–Crippen MR) is 137 cm³/mol. The Kier molecular flexibility index (Phi) is 11.0. The number of hydrogen-bond acceptors (Lipinski definition) is 6. The van der Waals surface area contributed by atoms with Crippen molar-refractivity contribution in [3.63, 3.8) is 0 Å². The molecule has 3 amide bonds. The molecule has 2 aromatic rings. The van der Waals surface area contributed by atoms with E-state index < -0.39 is 90.0 Å². The molecule has 10 nitrogen and oxygen atoms in total. The molecule has 0 saturated heterocycles. The largest absolute Gasteiger partial charge is 0.481 e. The lowest BCUT2D eigenvalue weighted by Gasteiger charge is -2.23. The molecule has 4 N–H and O–H groups in total. The number of carboxylic acid groups (broad SMARTS) is 1. The second-order valence-corrected chi connectivity index (χ2v) is 9.99. The lowest BCUT2D eigenvalue weighted by molar-refractivity contribution is -0.139. The SMILES string of the molecule is CC(NC(=O)C(=O)Nc1ccccc1C(C)(C)C)C(=O)NC(CCC(=O)O)C(=O)COc1c(F)c(F)cc(F)c1F. The summed E-state index contributed by atoms with van der Waals surface area (Å²) in [5.41, 5.74) is 0.757. The maximum absolute atomic E-state index is 13.8. The summed E-state index contributed by atoms with van der Waals surface area (Å²) in [6.07, 6.45) is -1.14. The fourth-order valence-electron chi connectivity index (χ4n) is 3.55. The van der Waals surface area contributed by atoms with E-state index in [1.165, 1.54) is 6.92 Å². The first-order valence-electron chi connectivity index (χ1n) is 12.2. The van der Waals surface area contributed by atoms with E-state index in [1.807, 2.05) is 20.8 Å². The van der Waals surface area contributed by atoms with Crippen LogP contribution in [0.15, 0.2) is 30.3 Å². The number of carbonyl (C=O) groups is 5. The number of anilines is 1. The normalized spacial score (nSPS) is 12.6. The molecule has 222 valence electrons. The van der Waals surface area contributed by atoms with Crippen LogP contribution in [0.1, 0.15) is 46.1 Å². The Balaban J connectivity index is 2.07. The van der Waals surface area contributed by atoms with Gasteiger partial charge in [0.05, 0.1) is 6.04 Å². The lowest BCUT2D eigenvalue weighted by atomic mass is 9.86. The third kappa shape index (κ3) is 9.01. The minimum atomic E-state index is -1.90. The molecule has 0 radical (unpaired) electrons. The van der Waals surface area contributed by atoms with Crippen LogP contribution in [-0.2, 0) is 29.4 Å². The third-order valence-electron chi connectivity index (χ3n) is 5.71. The van der Waals surface area contributed by atoms with Crippen molar-refractivity contribution < 1.29 is 51.4 Å². The molecule has 2 unspecified atom stereocenters. The van der Waals surface area contributed by atoms with Crippen LogP contribution < -0.4 is 20.7 Å². The van der Waals surface area contributed by atoms with Crippen molar-refractivity contribution in [3.05, 3.63) is 59.2 Å². The smallest absolute Gasteiger partial charge is 0.313 e. The number of rotatable bonds is 11. The number of ether oxygens (including phenoxy) is 1. The Morgan fingerprint density at radius 3 is 2.07 bits per heavy atom. The molecule has 0 heterocycles. The summed E-state index contributed by atoms with van der Waals surface area (Å²) >= 11 is 0. The molecular formula is C27H29F4N3O7. The average molecular weight is 584 g/mol. The van der Waals surface area contributed by atoms with Crippen LogP contribution in [0.25, 0.3) is 0 Å². The molecule has 0 fully saturated rings. The van der Waals surface area contributed by atoms with Crippen molar-refractivity contribution in [1.29, 1.82) is 0 Å². The number of para-hydroxylation sites is 1. The quantitative estimate of drug-likeness (QED) is 0.180. The van der Waals surface area contributed by atoms with Gasteiger partial charge < -0.3 is 25.8 Å². The summed E-state index contributed by atoms with van der Waals surface area (Å²) in [6, 6.07) is 3.72. The van der Waals surface area contributed by atoms with Crippen molar-refractivity contribution in [2.45, 2.75) is 58.0 Å². The van der Waals surface area contributed by atoms with E-state index in [1.54, 1.807) is 24.3 Å². The molecule has 14 heteroatoms. The third-order valence-corrected chi connectivity index (χ3v) is 5.71. The van der Waals surface area contributed by atoms with E-state index >= 15 is 0 Å². The first kappa shape index (κ1) is 32.7. The summed E-state index contributed by atoms with van der Waals surface area (Å²) in [4.78, 5) is 61.2. The van der Waals surface area contributed by atoms with Crippen LogP contribution in [0, 0.1) is 23.3 Å².